The summed E-state index contributed by atoms with van der Waals surface area (Å²) >= 11 is 13.1. The molecule has 0 N–H and O–H groups in total. The molecule has 0 aromatic heterocycles. The highest BCUT2D eigenvalue weighted by Crippen LogP contribution is 2.50. The first kappa shape index (κ1) is 34.4. The van der Waals surface area contributed by atoms with Crippen molar-refractivity contribution in [3.8, 4) is 0 Å². The van der Waals surface area contributed by atoms with Gasteiger partial charge in [0, 0.05) is 68.5 Å². The molecule has 0 saturated heterocycles. The Hall–Kier alpha value is -4.05. The van der Waals surface area contributed by atoms with Crippen LogP contribution in [0.25, 0.3) is 0 Å². The third kappa shape index (κ3) is 5.93. The minimum absolute atomic E-state index is 0.0905. The fourth-order valence-corrected chi connectivity index (χ4v) is 8.99. The molecule has 50 heavy (non-hydrogen) atoms. The number of nitrogens with zero attached hydrogens (tertiary/aromatic N) is 3. The molecule has 2 heterocycles. The molecule has 0 radical (unpaired) electrons. The molecule has 0 atom stereocenters. The topological polar surface area (TPSA) is 9.49 Å². The average Bonchev–Trinajstić information content (AvgIpc) is 3.68. The van der Waals surface area contributed by atoms with Gasteiger partial charge in [0.05, 0.1) is 5.41 Å². The second kappa shape index (κ2) is 13.6. The van der Waals surface area contributed by atoms with E-state index < -0.39 is 0 Å². The van der Waals surface area contributed by atoms with Crippen molar-refractivity contribution < 1.29 is 4.58 Å². The van der Waals surface area contributed by atoms with Crippen molar-refractivity contribution >= 4 is 51.7 Å². The molecule has 4 aromatic rings. The predicted molar refractivity (Wildman–Crippen MR) is 214 cm³/mol. The predicted octanol–water partition coefficient (Wildman–Crippen LogP) is 12.7. The normalized spacial score (nSPS) is 19.2. The van der Waals surface area contributed by atoms with Gasteiger partial charge in [0.25, 0.3) is 0 Å². The number of likely N-dealkylation sites (N-methyl/N-ethyl adjacent to an activating group) is 1. The number of hydrogen-bond acceptors (Lipinski definition) is 2. The van der Waals surface area contributed by atoms with Crippen molar-refractivity contribution in [1.29, 1.82) is 0 Å². The van der Waals surface area contributed by atoms with E-state index >= 15 is 0 Å². The summed E-state index contributed by atoms with van der Waals surface area (Å²) in [5.74, 6) is 0. The summed E-state index contributed by atoms with van der Waals surface area (Å²) in [6, 6.07) is 34.5. The summed E-state index contributed by atoms with van der Waals surface area (Å²) < 4.78 is 2.53. The largest absolute Gasteiger partial charge is 0.344 e. The number of hydrogen-bond donors (Lipinski definition) is 0. The first-order chi connectivity index (χ1) is 24.1. The van der Waals surface area contributed by atoms with Crippen LogP contribution in [0.4, 0.5) is 22.7 Å². The lowest BCUT2D eigenvalue weighted by Crippen LogP contribution is -2.29. The minimum Gasteiger partial charge on any atom is -0.344 e. The number of rotatable bonds is 9. The van der Waals surface area contributed by atoms with Gasteiger partial charge >= 0.3 is 0 Å². The van der Waals surface area contributed by atoms with Crippen LogP contribution >= 0.6 is 23.2 Å². The highest BCUT2D eigenvalue weighted by atomic mass is 35.5. The van der Waals surface area contributed by atoms with Gasteiger partial charge in [-0.05, 0) is 124 Å². The summed E-state index contributed by atoms with van der Waals surface area (Å²) in [5, 5.41) is 1.59. The lowest BCUT2D eigenvalue weighted by molar-refractivity contribution is -0.435. The molecule has 0 unspecified atom stereocenters. The van der Waals surface area contributed by atoms with E-state index in [1.165, 1.54) is 62.1 Å². The molecule has 256 valence electrons. The third-order valence-corrected chi connectivity index (χ3v) is 11.6. The van der Waals surface area contributed by atoms with Gasteiger partial charge in [-0.3, -0.25) is 0 Å². The fourth-order valence-electron chi connectivity index (χ4n) is 8.65. The molecule has 7 rings (SSSR count). The standard InChI is InChI=1S/C45H48Cl2N3/c1-7-48-39-25-23-33(46)29-37(39)44(3,4)41(48)27-21-31-19-20-32(43(31)50(35-15-11-9-12-16-35)36-17-13-10-14-18-36)22-28-42-45(5,6)38-30-34(47)24-26-40(38)49(42)8-2/h9-18,21,23-27,29-30H,7-8,19-20,22,28H2,1-6H3/q+1. The van der Waals surface area contributed by atoms with E-state index in [-0.39, 0.29) is 10.8 Å². The summed E-state index contributed by atoms with van der Waals surface area (Å²) in [7, 11) is 0. The van der Waals surface area contributed by atoms with Gasteiger partial charge in [0.15, 0.2) is 5.71 Å². The van der Waals surface area contributed by atoms with Gasteiger partial charge in [-0.1, -0.05) is 79.5 Å². The van der Waals surface area contributed by atoms with Gasteiger partial charge in [-0.25, -0.2) is 0 Å². The monoisotopic (exact) mass is 700 g/mol. The summed E-state index contributed by atoms with van der Waals surface area (Å²) in [6.07, 6.45) is 8.82. The minimum atomic E-state index is -0.163. The van der Waals surface area contributed by atoms with Crippen molar-refractivity contribution in [2.24, 2.45) is 0 Å². The first-order valence-electron chi connectivity index (χ1n) is 18.1. The van der Waals surface area contributed by atoms with Gasteiger partial charge in [0.2, 0.25) is 5.69 Å². The Bertz CT molecular complexity index is 2010. The SMILES string of the molecule is CCN1C(=CC=C2CCC(CCC3=[N+](CC)c4ccc(Cl)cc4C3(C)C)=C2N(c2ccccc2)c2ccccc2)C(C)(C)c2cc(Cl)ccc21. The van der Waals surface area contributed by atoms with Crippen molar-refractivity contribution in [2.45, 2.75) is 78.1 Å². The molecule has 1 aliphatic carbocycles. The number of para-hydroxylation sites is 2. The van der Waals surface area contributed by atoms with Crippen molar-refractivity contribution in [1.82, 2.24) is 0 Å². The highest BCUT2D eigenvalue weighted by molar-refractivity contribution is 6.31. The number of fused-ring (bicyclic) bond motifs is 2. The molecule has 0 amide bonds. The van der Waals surface area contributed by atoms with E-state index in [4.69, 9.17) is 23.2 Å². The zero-order valence-corrected chi connectivity index (χ0v) is 31.7. The summed E-state index contributed by atoms with van der Waals surface area (Å²) in [6.45, 7) is 15.7. The van der Waals surface area contributed by atoms with Crippen LogP contribution in [0.2, 0.25) is 10.0 Å². The van der Waals surface area contributed by atoms with E-state index in [2.05, 4.69) is 153 Å². The van der Waals surface area contributed by atoms with Gasteiger partial charge in [-0.2, -0.15) is 4.58 Å². The number of allylic oxidation sites excluding steroid dienone is 5. The van der Waals surface area contributed by atoms with Crippen LogP contribution in [-0.2, 0) is 10.8 Å². The molecular weight excluding hydrogens is 653 g/mol. The maximum absolute atomic E-state index is 6.54. The molecular formula is C45H48Cl2N3+. The van der Waals surface area contributed by atoms with E-state index in [1.807, 2.05) is 12.1 Å². The number of halogens is 2. The maximum atomic E-state index is 6.54. The molecule has 2 aliphatic heterocycles. The lowest BCUT2D eigenvalue weighted by atomic mass is 9.79. The Kier molecular flexibility index (Phi) is 9.35. The Morgan fingerprint density at radius 3 is 1.96 bits per heavy atom. The van der Waals surface area contributed by atoms with E-state index in [9.17, 15) is 0 Å². The summed E-state index contributed by atoms with van der Waals surface area (Å²) in [5.41, 5.74) is 14.2. The van der Waals surface area contributed by atoms with Crippen LogP contribution in [0.1, 0.15) is 78.4 Å². The number of anilines is 3. The van der Waals surface area contributed by atoms with Crippen LogP contribution in [0.5, 0.6) is 0 Å². The molecule has 0 bridgehead atoms. The number of benzene rings is 4. The average molecular weight is 702 g/mol. The Balaban J connectivity index is 1.35. The van der Waals surface area contributed by atoms with Crippen LogP contribution in [0.15, 0.2) is 132 Å². The first-order valence-corrected chi connectivity index (χ1v) is 18.9. The maximum Gasteiger partial charge on any atom is 0.209 e. The molecule has 3 nitrogen and oxygen atoms in total. The van der Waals surface area contributed by atoms with Crippen molar-refractivity contribution in [2.75, 3.05) is 22.9 Å². The zero-order chi connectivity index (χ0) is 35.2. The molecule has 0 fully saturated rings. The molecule has 0 spiro atoms. The fraction of sp³-hybridized carbons (Fsp3) is 0.311. The molecule has 4 aromatic carbocycles. The second-order valence-electron chi connectivity index (χ2n) is 14.7. The van der Waals surface area contributed by atoms with Crippen LogP contribution in [0, 0.1) is 0 Å². The Labute approximate surface area is 308 Å². The van der Waals surface area contributed by atoms with Crippen molar-refractivity contribution in [3.05, 3.63) is 153 Å². The van der Waals surface area contributed by atoms with E-state index in [1.54, 1.807) is 0 Å². The summed E-state index contributed by atoms with van der Waals surface area (Å²) in [4.78, 5) is 4.95. The molecule has 0 saturated carbocycles. The van der Waals surface area contributed by atoms with E-state index in [0.717, 1.165) is 48.8 Å². The van der Waals surface area contributed by atoms with Crippen LogP contribution in [-0.4, -0.2) is 23.4 Å². The third-order valence-electron chi connectivity index (χ3n) is 11.1. The van der Waals surface area contributed by atoms with Crippen LogP contribution in [0.3, 0.4) is 0 Å². The molecule has 5 heteroatoms. The van der Waals surface area contributed by atoms with E-state index in [0.29, 0.717) is 0 Å². The zero-order valence-electron chi connectivity index (χ0n) is 30.2. The Morgan fingerprint density at radius 2 is 1.34 bits per heavy atom. The van der Waals surface area contributed by atoms with Gasteiger partial charge in [-0.15, -0.1) is 0 Å². The molecule has 3 aliphatic rings. The Morgan fingerprint density at radius 1 is 0.720 bits per heavy atom. The van der Waals surface area contributed by atoms with Gasteiger partial charge in [0.1, 0.15) is 6.54 Å². The quantitative estimate of drug-likeness (QED) is 0.161. The lowest BCUT2D eigenvalue weighted by Gasteiger charge is -2.29. The van der Waals surface area contributed by atoms with Crippen molar-refractivity contribution in [3.63, 3.8) is 0 Å². The second-order valence-corrected chi connectivity index (χ2v) is 15.6. The van der Waals surface area contributed by atoms with Crippen LogP contribution < -0.4 is 9.80 Å². The van der Waals surface area contributed by atoms with Gasteiger partial charge < -0.3 is 9.80 Å². The highest BCUT2D eigenvalue weighted by Gasteiger charge is 2.45. The smallest absolute Gasteiger partial charge is 0.209 e.